The maximum absolute atomic E-state index is 12.4. The van der Waals surface area contributed by atoms with E-state index in [-0.39, 0.29) is 11.3 Å². The summed E-state index contributed by atoms with van der Waals surface area (Å²) in [5.74, 6) is 0. The third kappa shape index (κ3) is 1.97. The van der Waals surface area contributed by atoms with Gasteiger partial charge in [0, 0.05) is 0 Å². The number of halogens is 3. The lowest BCUT2D eigenvalue weighted by atomic mass is 10.1. The Hall–Kier alpha value is -1.25. The normalized spacial score (nSPS) is 10.3. The summed E-state index contributed by atoms with van der Waals surface area (Å²) >= 11 is 5.43. The number of hydrogen-bond donors (Lipinski definition) is 1. The largest absolute Gasteiger partial charge is 0.392 e. The standard InChI is InChI=1S/C8H5ClF2N2O/c9-7-6(8(10)11)4(3-14)1-5(2-12)13-7/h1,8,14H,3H2. The Morgan fingerprint density at radius 1 is 1.64 bits per heavy atom. The fourth-order valence-corrected chi connectivity index (χ4v) is 1.29. The topological polar surface area (TPSA) is 56.9 Å². The molecular weight excluding hydrogens is 214 g/mol. The number of pyridine rings is 1. The van der Waals surface area contributed by atoms with Crippen molar-refractivity contribution in [1.82, 2.24) is 4.98 Å². The summed E-state index contributed by atoms with van der Waals surface area (Å²) < 4.78 is 24.8. The van der Waals surface area contributed by atoms with Crippen LogP contribution in [0.15, 0.2) is 6.07 Å². The molecule has 0 fully saturated rings. The van der Waals surface area contributed by atoms with E-state index in [0.717, 1.165) is 6.07 Å². The molecule has 0 saturated carbocycles. The number of aliphatic hydroxyl groups is 1. The molecule has 3 nitrogen and oxygen atoms in total. The molecule has 1 aromatic rings. The molecule has 1 aromatic heterocycles. The Morgan fingerprint density at radius 3 is 2.71 bits per heavy atom. The van der Waals surface area contributed by atoms with E-state index in [4.69, 9.17) is 22.0 Å². The van der Waals surface area contributed by atoms with Gasteiger partial charge < -0.3 is 5.11 Å². The second kappa shape index (κ2) is 4.31. The van der Waals surface area contributed by atoms with Crippen molar-refractivity contribution in [3.63, 3.8) is 0 Å². The zero-order valence-electron chi connectivity index (χ0n) is 6.84. The van der Waals surface area contributed by atoms with Gasteiger partial charge in [0.25, 0.3) is 6.43 Å². The van der Waals surface area contributed by atoms with Crippen LogP contribution in [0.3, 0.4) is 0 Å². The highest BCUT2D eigenvalue weighted by Gasteiger charge is 2.19. The van der Waals surface area contributed by atoms with E-state index in [1.165, 1.54) is 0 Å². The molecule has 1 rings (SSSR count). The van der Waals surface area contributed by atoms with Crippen LogP contribution < -0.4 is 0 Å². The van der Waals surface area contributed by atoms with Crippen LogP contribution in [0.5, 0.6) is 0 Å². The monoisotopic (exact) mass is 218 g/mol. The van der Waals surface area contributed by atoms with Crippen LogP contribution in [0, 0.1) is 11.3 Å². The summed E-state index contributed by atoms with van der Waals surface area (Å²) in [5.41, 5.74) is -0.687. The van der Waals surface area contributed by atoms with Crippen LogP contribution in [-0.2, 0) is 6.61 Å². The molecule has 0 unspecified atom stereocenters. The van der Waals surface area contributed by atoms with Gasteiger partial charge in [-0.15, -0.1) is 0 Å². The van der Waals surface area contributed by atoms with Gasteiger partial charge in [-0.2, -0.15) is 5.26 Å². The van der Waals surface area contributed by atoms with Gasteiger partial charge in [0.2, 0.25) is 0 Å². The Bertz CT molecular complexity index is 390. The van der Waals surface area contributed by atoms with Crippen molar-refractivity contribution in [2.24, 2.45) is 0 Å². The first kappa shape index (κ1) is 10.8. The zero-order chi connectivity index (χ0) is 10.7. The van der Waals surface area contributed by atoms with Crippen LogP contribution in [0.4, 0.5) is 8.78 Å². The third-order valence-electron chi connectivity index (χ3n) is 1.60. The van der Waals surface area contributed by atoms with E-state index < -0.39 is 23.7 Å². The molecule has 6 heteroatoms. The van der Waals surface area contributed by atoms with E-state index >= 15 is 0 Å². The first-order valence-corrected chi connectivity index (χ1v) is 3.96. The fourth-order valence-electron chi connectivity index (χ4n) is 0.992. The van der Waals surface area contributed by atoms with Crippen molar-refractivity contribution in [1.29, 1.82) is 5.26 Å². The molecule has 74 valence electrons. The minimum absolute atomic E-state index is 0.0726. The zero-order valence-corrected chi connectivity index (χ0v) is 7.59. The molecule has 0 radical (unpaired) electrons. The lowest BCUT2D eigenvalue weighted by Crippen LogP contribution is -2.00. The van der Waals surface area contributed by atoms with Gasteiger partial charge >= 0.3 is 0 Å². The molecule has 0 aromatic carbocycles. The smallest absolute Gasteiger partial charge is 0.267 e. The average Bonchev–Trinajstić information content (AvgIpc) is 2.15. The SMILES string of the molecule is N#Cc1cc(CO)c(C(F)F)c(Cl)n1. The Kier molecular flexibility index (Phi) is 3.33. The molecule has 0 saturated heterocycles. The summed E-state index contributed by atoms with van der Waals surface area (Å²) in [7, 11) is 0. The van der Waals surface area contributed by atoms with Gasteiger partial charge in [-0.25, -0.2) is 13.8 Å². The number of alkyl halides is 2. The van der Waals surface area contributed by atoms with Gasteiger partial charge in [0.1, 0.15) is 16.9 Å². The molecule has 0 bridgehead atoms. The van der Waals surface area contributed by atoms with Crippen molar-refractivity contribution in [2.45, 2.75) is 13.0 Å². The number of rotatable bonds is 2. The van der Waals surface area contributed by atoms with Gasteiger partial charge in [0.05, 0.1) is 12.2 Å². The fraction of sp³-hybridized carbons (Fsp3) is 0.250. The molecule has 0 aliphatic heterocycles. The molecule has 0 atom stereocenters. The van der Waals surface area contributed by atoms with Crippen LogP contribution in [0.1, 0.15) is 23.2 Å². The van der Waals surface area contributed by atoms with Gasteiger partial charge in [-0.3, -0.25) is 0 Å². The van der Waals surface area contributed by atoms with Crippen LogP contribution >= 0.6 is 11.6 Å². The Morgan fingerprint density at radius 2 is 2.29 bits per heavy atom. The molecule has 0 aliphatic carbocycles. The highest BCUT2D eigenvalue weighted by molar-refractivity contribution is 6.30. The number of hydrogen-bond acceptors (Lipinski definition) is 3. The predicted molar refractivity (Wildman–Crippen MR) is 44.8 cm³/mol. The summed E-state index contributed by atoms with van der Waals surface area (Å²) in [4.78, 5) is 3.43. The lowest BCUT2D eigenvalue weighted by molar-refractivity contribution is 0.146. The van der Waals surface area contributed by atoms with Crippen molar-refractivity contribution < 1.29 is 13.9 Å². The maximum Gasteiger partial charge on any atom is 0.267 e. The summed E-state index contributed by atoms with van der Waals surface area (Å²) in [6.07, 6.45) is -2.81. The number of aromatic nitrogens is 1. The second-order valence-electron chi connectivity index (χ2n) is 2.44. The highest BCUT2D eigenvalue weighted by atomic mass is 35.5. The minimum atomic E-state index is -2.81. The number of nitriles is 1. The summed E-state index contributed by atoms with van der Waals surface area (Å²) in [5, 5.41) is 16.8. The predicted octanol–water partition coefficient (Wildman–Crippen LogP) is 2.04. The average molecular weight is 219 g/mol. The van der Waals surface area contributed by atoms with Crippen molar-refractivity contribution in [3.8, 4) is 6.07 Å². The first-order valence-electron chi connectivity index (χ1n) is 3.58. The summed E-state index contributed by atoms with van der Waals surface area (Å²) in [6.45, 7) is -0.601. The van der Waals surface area contributed by atoms with Crippen molar-refractivity contribution >= 4 is 11.6 Å². The van der Waals surface area contributed by atoms with Crippen LogP contribution in [0.25, 0.3) is 0 Å². The van der Waals surface area contributed by atoms with Gasteiger partial charge in [-0.1, -0.05) is 11.6 Å². The first-order chi connectivity index (χ1) is 6.60. The molecular formula is C8H5ClF2N2O. The third-order valence-corrected chi connectivity index (χ3v) is 1.89. The Balaban J connectivity index is 3.36. The number of aliphatic hydroxyl groups excluding tert-OH is 1. The lowest BCUT2D eigenvalue weighted by Gasteiger charge is -2.07. The van der Waals surface area contributed by atoms with E-state index in [2.05, 4.69) is 4.98 Å². The number of nitrogens with zero attached hydrogens (tertiary/aromatic N) is 2. The molecule has 1 N–H and O–H groups in total. The van der Waals surface area contributed by atoms with E-state index in [1.54, 1.807) is 6.07 Å². The Labute approximate surface area is 83.6 Å². The second-order valence-corrected chi connectivity index (χ2v) is 2.80. The minimum Gasteiger partial charge on any atom is -0.392 e. The van der Waals surface area contributed by atoms with Crippen LogP contribution in [-0.4, -0.2) is 10.1 Å². The van der Waals surface area contributed by atoms with Gasteiger partial charge in [-0.05, 0) is 11.6 Å². The quantitative estimate of drug-likeness (QED) is 0.773. The maximum atomic E-state index is 12.4. The van der Waals surface area contributed by atoms with Crippen molar-refractivity contribution in [3.05, 3.63) is 28.0 Å². The van der Waals surface area contributed by atoms with Crippen LogP contribution in [0.2, 0.25) is 5.15 Å². The molecule has 1 heterocycles. The molecule has 0 spiro atoms. The molecule has 14 heavy (non-hydrogen) atoms. The van der Waals surface area contributed by atoms with E-state index in [9.17, 15) is 8.78 Å². The molecule has 0 amide bonds. The highest BCUT2D eigenvalue weighted by Crippen LogP contribution is 2.29. The van der Waals surface area contributed by atoms with E-state index in [0.29, 0.717) is 0 Å². The van der Waals surface area contributed by atoms with Gasteiger partial charge in [0.15, 0.2) is 0 Å². The van der Waals surface area contributed by atoms with Crippen molar-refractivity contribution in [2.75, 3.05) is 0 Å². The molecule has 0 aliphatic rings. The summed E-state index contributed by atoms with van der Waals surface area (Å²) in [6, 6.07) is 2.75. The van der Waals surface area contributed by atoms with E-state index in [1.807, 2.05) is 0 Å².